The van der Waals surface area contributed by atoms with Gasteiger partial charge in [0.15, 0.2) is 0 Å². The van der Waals surface area contributed by atoms with Gasteiger partial charge < -0.3 is 10.5 Å². The zero-order chi connectivity index (χ0) is 15.2. The number of hydrogen-bond donors (Lipinski definition) is 2. The highest BCUT2D eigenvalue weighted by molar-refractivity contribution is 5.63. The number of nitrogens with zero attached hydrogens (tertiary/aromatic N) is 1. The van der Waals surface area contributed by atoms with E-state index in [-0.39, 0.29) is 6.04 Å². The normalized spacial score (nSPS) is 18.3. The molecule has 1 aliphatic carbocycles. The van der Waals surface area contributed by atoms with E-state index in [1.807, 2.05) is 0 Å². The maximum absolute atomic E-state index is 8.82. The Morgan fingerprint density at radius 2 is 1.62 bits per heavy atom. The second-order valence-corrected chi connectivity index (χ2v) is 6.64. The van der Waals surface area contributed by atoms with Gasteiger partial charge >= 0.3 is 0 Å². The van der Waals surface area contributed by atoms with Crippen molar-refractivity contribution in [3.05, 3.63) is 0 Å². The Morgan fingerprint density at radius 3 is 2.24 bits per heavy atom. The molecule has 1 atom stereocenters. The molecule has 0 spiro atoms. The van der Waals surface area contributed by atoms with Crippen LogP contribution < -0.4 is 5.32 Å². The number of oxime groups is 1. The second kappa shape index (κ2) is 13.1. The van der Waals surface area contributed by atoms with Crippen molar-refractivity contribution in [2.75, 3.05) is 0 Å². The van der Waals surface area contributed by atoms with Gasteiger partial charge in [-0.05, 0) is 19.3 Å². The highest BCUT2D eigenvalue weighted by Crippen LogP contribution is 2.18. The summed E-state index contributed by atoms with van der Waals surface area (Å²) in [6.07, 6.45) is 20.3. The Hall–Kier alpha value is -0.570. The molecule has 0 radical (unpaired) electrons. The van der Waals surface area contributed by atoms with Crippen molar-refractivity contribution in [2.24, 2.45) is 5.16 Å². The van der Waals surface area contributed by atoms with Crippen molar-refractivity contribution in [2.45, 2.75) is 109 Å². The molecule has 0 aromatic heterocycles. The van der Waals surface area contributed by atoms with E-state index in [2.05, 4.69) is 17.4 Å². The van der Waals surface area contributed by atoms with E-state index in [0.29, 0.717) is 6.04 Å². The van der Waals surface area contributed by atoms with E-state index in [4.69, 9.17) is 5.21 Å². The van der Waals surface area contributed by atoms with Gasteiger partial charge in [-0.3, -0.25) is 0 Å². The molecule has 1 aliphatic rings. The lowest BCUT2D eigenvalue weighted by molar-refractivity contribution is 0.312. The van der Waals surface area contributed by atoms with Gasteiger partial charge in [-0.2, -0.15) is 0 Å². The summed E-state index contributed by atoms with van der Waals surface area (Å²) in [7, 11) is 0. The highest BCUT2D eigenvalue weighted by Gasteiger charge is 2.16. The lowest BCUT2D eigenvalue weighted by Gasteiger charge is -2.26. The molecule has 0 heterocycles. The fraction of sp³-hybridized carbons (Fsp3) is 0.944. The summed E-state index contributed by atoms with van der Waals surface area (Å²) in [4.78, 5) is 0. The number of nitrogens with one attached hydrogen (secondary N) is 1. The highest BCUT2D eigenvalue weighted by atomic mass is 16.4. The second-order valence-electron chi connectivity index (χ2n) is 6.64. The van der Waals surface area contributed by atoms with Gasteiger partial charge in [0.1, 0.15) is 0 Å². The van der Waals surface area contributed by atoms with Crippen molar-refractivity contribution in [1.29, 1.82) is 0 Å². The molecule has 0 aromatic rings. The van der Waals surface area contributed by atoms with Gasteiger partial charge in [0.25, 0.3) is 0 Å². The molecular weight excluding hydrogens is 260 g/mol. The molecule has 1 fully saturated rings. The summed E-state index contributed by atoms with van der Waals surface area (Å²) in [5, 5.41) is 15.7. The Kier molecular flexibility index (Phi) is 11.5. The first-order valence-electron chi connectivity index (χ1n) is 9.30. The smallest absolute Gasteiger partial charge is 0.0605 e. The first kappa shape index (κ1) is 18.5. The largest absolute Gasteiger partial charge is 0.411 e. The van der Waals surface area contributed by atoms with Gasteiger partial charge in [-0.25, -0.2) is 0 Å². The fourth-order valence-corrected chi connectivity index (χ4v) is 3.35. The van der Waals surface area contributed by atoms with Crippen molar-refractivity contribution in [3.8, 4) is 0 Å². The maximum atomic E-state index is 8.82. The lowest BCUT2D eigenvalue weighted by Crippen LogP contribution is -2.40. The molecule has 124 valence electrons. The third-order valence-electron chi connectivity index (χ3n) is 4.67. The van der Waals surface area contributed by atoms with Crippen LogP contribution in [0, 0.1) is 0 Å². The quantitative estimate of drug-likeness (QED) is 0.223. The monoisotopic (exact) mass is 296 g/mol. The zero-order valence-electron chi connectivity index (χ0n) is 14.0. The van der Waals surface area contributed by atoms with Crippen LogP contribution in [0.1, 0.15) is 96.8 Å². The minimum atomic E-state index is 0.262. The third kappa shape index (κ3) is 9.89. The fourth-order valence-electron chi connectivity index (χ4n) is 3.35. The Labute approximate surface area is 131 Å². The van der Waals surface area contributed by atoms with Crippen LogP contribution in [0.5, 0.6) is 0 Å². The van der Waals surface area contributed by atoms with Gasteiger partial charge in [0.2, 0.25) is 0 Å². The summed E-state index contributed by atoms with van der Waals surface area (Å²) in [5.41, 5.74) is 0. The molecule has 2 N–H and O–H groups in total. The van der Waals surface area contributed by atoms with Crippen LogP contribution in [0.25, 0.3) is 0 Å². The van der Waals surface area contributed by atoms with E-state index in [0.717, 1.165) is 6.42 Å². The minimum Gasteiger partial charge on any atom is -0.411 e. The molecule has 0 aromatic carbocycles. The van der Waals surface area contributed by atoms with E-state index < -0.39 is 0 Å². The average molecular weight is 296 g/mol. The first-order chi connectivity index (χ1) is 10.4. The van der Waals surface area contributed by atoms with Crippen LogP contribution in [0.3, 0.4) is 0 Å². The standard InChI is InChI=1S/C18H36N2O/c1-2-3-4-5-6-7-8-10-15-18(16-19-21)20-17-13-11-9-12-14-17/h16-18,20-21H,2-15H2,1H3. The lowest BCUT2D eigenvalue weighted by atomic mass is 9.94. The molecular formula is C18H36N2O. The minimum absolute atomic E-state index is 0.262. The maximum Gasteiger partial charge on any atom is 0.0605 e. The summed E-state index contributed by atoms with van der Waals surface area (Å²) >= 11 is 0. The van der Waals surface area contributed by atoms with Crippen LogP contribution >= 0.6 is 0 Å². The van der Waals surface area contributed by atoms with Crippen LogP contribution in [0.15, 0.2) is 5.16 Å². The van der Waals surface area contributed by atoms with E-state index in [1.54, 1.807) is 6.21 Å². The van der Waals surface area contributed by atoms with E-state index in [1.165, 1.54) is 83.5 Å². The van der Waals surface area contributed by atoms with Gasteiger partial charge in [-0.15, -0.1) is 5.16 Å². The first-order valence-corrected chi connectivity index (χ1v) is 9.30. The predicted octanol–water partition coefficient (Wildman–Crippen LogP) is 5.27. The topological polar surface area (TPSA) is 44.6 Å². The van der Waals surface area contributed by atoms with E-state index in [9.17, 15) is 0 Å². The van der Waals surface area contributed by atoms with Crippen molar-refractivity contribution in [3.63, 3.8) is 0 Å². The van der Waals surface area contributed by atoms with Gasteiger partial charge in [0, 0.05) is 12.1 Å². The Balaban J connectivity index is 2.04. The summed E-state index contributed by atoms with van der Waals surface area (Å²) in [6.45, 7) is 2.27. The number of rotatable bonds is 12. The summed E-state index contributed by atoms with van der Waals surface area (Å²) in [6, 6.07) is 0.897. The molecule has 1 rings (SSSR count). The molecule has 1 unspecified atom stereocenters. The molecule has 1 saturated carbocycles. The van der Waals surface area contributed by atoms with Crippen LogP contribution in [-0.2, 0) is 0 Å². The Bertz CT molecular complexity index is 250. The predicted molar refractivity (Wildman–Crippen MR) is 91.3 cm³/mol. The zero-order valence-corrected chi connectivity index (χ0v) is 14.0. The van der Waals surface area contributed by atoms with Crippen molar-refractivity contribution in [1.82, 2.24) is 5.32 Å². The average Bonchev–Trinajstić information content (AvgIpc) is 2.51. The number of hydrogen-bond acceptors (Lipinski definition) is 3. The van der Waals surface area contributed by atoms with E-state index >= 15 is 0 Å². The molecule has 3 heteroatoms. The van der Waals surface area contributed by atoms with Crippen LogP contribution in [0.4, 0.5) is 0 Å². The van der Waals surface area contributed by atoms with Crippen LogP contribution in [-0.4, -0.2) is 23.5 Å². The molecule has 0 saturated heterocycles. The van der Waals surface area contributed by atoms with Crippen molar-refractivity contribution >= 4 is 6.21 Å². The van der Waals surface area contributed by atoms with Crippen LogP contribution in [0.2, 0.25) is 0 Å². The SMILES string of the molecule is CCCCCCCCCCC(C=NO)NC1CCCCC1. The summed E-state index contributed by atoms with van der Waals surface area (Å²) < 4.78 is 0. The summed E-state index contributed by atoms with van der Waals surface area (Å²) in [5.74, 6) is 0. The number of unbranched alkanes of at least 4 members (excludes halogenated alkanes) is 7. The molecule has 0 amide bonds. The molecule has 0 bridgehead atoms. The molecule has 0 aliphatic heterocycles. The van der Waals surface area contributed by atoms with Gasteiger partial charge in [0.05, 0.1) is 6.21 Å². The third-order valence-corrected chi connectivity index (χ3v) is 4.67. The Morgan fingerprint density at radius 1 is 1.00 bits per heavy atom. The molecule has 21 heavy (non-hydrogen) atoms. The molecule has 3 nitrogen and oxygen atoms in total. The van der Waals surface area contributed by atoms with Crippen molar-refractivity contribution < 1.29 is 5.21 Å². The van der Waals surface area contributed by atoms with Gasteiger partial charge in [-0.1, -0.05) is 77.6 Å².